The summed E-state index contributed by atoms with van der Waals surface area (Å²) in [4.78, 5) is 11.9. The first-order chi connectivity index (χ1) is 8.75. The van der Waals surface area contributed by atoms with Gasteiger partial charge in [-0.25, -0.2) is 0 Å². The van der Waals surface area contributed by atoms with Gasteiger partial charge in [0.1, 0.15) is 0 Å². The Labute approximate surface area is 111 Å². The number of benzene rings is 1. The summed E-state index contributed by atoms with van der Waals surface area (Å²) in [5, 5.41) is 3.38. The number of para-hydroxylation sites is 1. The minimum atomic E-state index is -0.297. The number of amides is 1. The van der Waals surface area contributed by atoms with Crippen LogP contribution in [0.1, 0.15) is 12.8 Å². The molecule has 1 heterocycles. The van der Waals surface area contributed by atoms with E-state index >= 15 is 0 Å². The molecule has 4 nitrogen and oxygen atoms in total. The second-order valence-electron chi connectivity index (χ2n) is 4.27. The Bertz CT molecular complexity index is 406. The molecule has 1 unspecified atom stereocenters. The number of primary amides is 1. The topological polar surface area (TPSA) is 64.4 Å². The van der Waals surface area contributed by atoms with Gasteiger partial charge in [-0.05, 0) is 25.0 Å². The minimum absolute atomic E-state index is 0.297. The lowest BCUT2D eigenvalue weighted by molar-refractivity contribution is -0.115. The molecule has 98 valence electrons. The van der Waals surface area contributed by atoms with Crippen LogP contribution in [0.15, 0.2) is 29.2 Å². The van der Waals surface area contributed by atoms with Gasteiger partial charge in [-0.3, -0.25) is 4.79 Å². The molecule has 1 aromatic carbocycles. The maximum absolute atomic E-state index is 10.8. The maximum atomic E-state index is 10.8. The largest absolute Gasteiger partial charge is 0.382 e. The Balaban J connectivity index is 1.91. The van der Waals surface area contributed by atoms with E-state index in [2.05, 4.69) is 5.32 Å². The maximum Gasteiger partial charge on any atom is 0.227 e. The van der Waals surface area contributed by atoms with Gasteiger partial charge in [0.2, 0.25) is 5.91 Å². The predicted molar refractivity (Wildman–Crippen MR) is 73.8 cm³/mol. The van der Waals surface area contributed by atoms with Gasteiger partial charge >= 0.3 is 0 Å². The van der Waals surface area contributed by atoms with E-state index in [0.29, 0.717) is 11.9 Å². The van der Waals surface area contributed by atoms with Crippen LogP contribution in [0.5, 0.6) is 0 Å². The highest BCUT2D eigenvalue weighted by Gasteiger charge is 2.15. The number of nitrogens with two attached hydrogens (primary N) is 1. The summed E-state index contributed by atoms with van der Waals surface area (Å²) in [7, 11) is 0. The molecule has 18 heavy (non-hydrogen) atoms. The van der Waals surface area contributed by atoms with E-state index in [1.807, 2.05) is 24.3 Å². The van der Waals surface area contributed by atoms with Gasteiger partial charge in [0.25, 0.3) is 0 Å². The molecule has 0 bridgehead atoms. The molecule has 0 spiro atoms. The van der Waals surface area contributed by atoms with E-state index < -0.39 is 0 Å². The number of carbonyl (C=O) groups is 1. The Kier molecular flexibility index (Phi) is 4.90. The molecular formula is C13H18N2O2S. The fourth-order valence-electron chi connectivity index (χ4n) is 1.92. The van der Waals surface area contributed by atoms with Crippen LogP contribution in [0.2, 0.25) is 0 Å². The summed E-state index contributed by atoms with van der Waals surface area (Å²) in [5.41, 5.74) is 6.20. The Morgan fingerprint density at radius 1 is 1.50 bits per heavy atom. The normalized spacial score (nSPS) is 18.8. The van der Waals surface area contributed by atoms with Crippen molar-refractivity contribution >= 4 is 23.4 Å². The Hall–Kier alpha value is -1.20. The molecule has 1 atom stereocenters. The zero-order valence-corrected chi connectivity index (χ0v) is 11.0. The highest BCUT2D eigenvalue weighted by atomic mass is 32.2. The summed E-state index contributed by atoms with van der Waals surface area (Å²) in [6, 6.07) is 7.94. The smallest absolute Gasteiger partial charge is 0.227 e. The molecule has 1 saturated heterocycles. The van der Waals surface area contributed by atoms with E-state index in [1.165, 1.54) is 11.8 Å². The minimum Gasteiger partial charge on any atom is -0.382 e. The standard InChI is InChI=1S/C13H18N2O2S/c14-13(16)9-18-12-6-2-1-5-11(12)15-8-10-4-3-7-17-10/h1-2,5-6,10,15H,3-4,7-9H2,(H2,14,16). The number of ether oxygens (including phenoxy) is 1. The number of anilines is 1. The van der Waals surface area contributed by atoms with Gasteiger partial charge in [-0.15, -0.1) is 11.8 Å². The van der Waals surface area contributed by atoms with E-state index in [1.54, 1.807) is 0 Å². The molecule has 1 aliphatic heterocycles. The lowest BCUT2D eigenvalue weighted by Crippen LogP contribution is -2.19. The van der Waals surface area contributed by atoms with Crippen molar-refractivity contribution in [1.29, 1.82) is 0 Å². The summed E-state index contributed by atoms with van der Waals surface area (Å²) in [6.07, 6.45) is 2.56. The predicted octanol–water partition coefficient (Wildman–Crippen LogP) is 1.85. The van der Waals surface area contributed by atoms with E-state index in [0.717, 1.165) is 36.6 Å². The van der Waals surface area contributed by atoms with Crippen molar-refractivity contribution in [2.24, 2.45) is 5.73 Å². The third-order valence-electron chi connectivity index (χ3n) is 2.80. The Morgan fingerprint density at radius 2 is 2.33 bits per heavy atom. The number of rotatable bonds is 6. The van der Waals surface area contributed by atoms with Crippen LogP contribution in [-0.4, -0.2) is 30.9 Å². The third kappa shape index (κ3) is 3.92. The van der Waals surface area contributed by atoms with Crippen molar-refractivity contribution in [1.82, 2.24) is 0 Å². The van der Waals surface area contributed by atoms with Crippen LogP contribution in [-0.2, 0) is 9.53 Å². The van der Waals surface area contributed by atoms with Gasteiger partial charge in [0, 0.05) is 23.7 Å². The highest BCUT2D eigenvalue weighted by molar-refractivity contribution is 8.00. The van der Waals surface area contributed by atoms with Crippen molar-refractivity contribution in [3.8, 4) is 0 Å². The van der Waals surface area contributed by atoms with Crippen molar-refractivity contribution in [3.63, 3.8) is 0 Å². The lowest BCUT2D eigenvalue weighted by atomic mass is 10.2. The van der Waals surface area contributed by atoms with Gasteiger partial charge in [0.15, 0.2) is 0 Å². The molecular weight excluding hydrogens is 248 g/mol. The monoisotopic (exact) mass is 266 g/mol. The summed E-state index contributed by atoms with van der Waals surface area (Å²) in [5.74, 6) is 0.00690. The number of nitrogens with one attached hydrogen (secondary N) is 1. The first-order valence-corrected chi connectivity index (χ1v) is 7.10. The lowest BCUT2D eigenvalue weighted by Gasteiger charge is -2.14. The molecule has 0 aliphatic carbocycles. The molecule has 5 heteroatoms. The van der Waals surface area contributed by atoms with E-state index in [-0.39, 0.29) is 5.91 Å². The van der Waals surface area contributed by atoms with Crippen molar-refractivity contribution in [2.45, 2.75) is 23.8 Å². The quantitative estimate of drug-likeness (QED) is 0.771. The van der Waals surface area contributed by atoms with Crippen molar-refractivity contribution in [2.75, 3.05) is 24.2 Å². The van der Waals surface area contributed by atoms with Crippen LogP contribution >= 0.6 is 11.8 Å². The third-order valence-corrected chi connectivity index (χ3v) is 3.90. The number of thioether (sulfide) groups is 1. The average Bonchev–Trinajstić information content (AvgIpc) is 2.88. The number of carbonyl (C=O) groups excluding carboxylic acids is 1. The second kappa shape index (κ2) is 6.66. The first-order valence-electron chi connectivity index (χ1n) is 6.11. The Morgan fingerprint density at radius 3 is 3.06 bits per heavy atom. The van der Waals surface area contributed by atoms with Gasteiger partial charge in [-0.1, -0.05) is 12.1 Å². The summed E-state index contributed by atoms with van der Waals surface area (Å²) < 4.78 is 5.57. The second-order valence-corrected chi connectivity index (χ2v) is 5.28. The molecule has 1 amide bonds. The average molecular weight is 266 g/mol. The van der Waals surface area contributed by atoms with Gasteiger partial charge in [-0.2, -0.15) is 0 Å². The molecule has 0 aromatic heterocycles. The summed E-state index contributed by atoms with van der Waals surface area (Å²) in [6.45, 7) is 1.68. The van der Waals surface area contributed by atoms with Crippen LogP contribution in [0.4, 0.5) is 5.69 Å². The van der Waals surface area contributed by atoms with Crippen LogP contribution in [0.25, 0.3) is 0 Å². The van der Waals surface area contributed by atoms with Crippen LogP contribution in [0.3, 0.4) is 0 Å². The fourth-order valence-corrected chi connectivity index (χ4v) is 2.68. The van der Waals surface area contributed by atoms with Gasteiger partial charge < -0.3 is 15.8 Å². The zero-order chi connectivity index (χ0) is 12.8. The molecule has 3 N–H and O–H groups in total. The van der Waals surface area contributed by atoms with E-state index in [4.69, 9.17) is 10.5 Å². The van der Waals surface area contributed by atoms with Crippen LogP contribution < -0.4 is 11.1 Å². The zero-order valence-electron chi connectivity index (χ0n) is 10.2. The molecule has 1 aromatic rings. The first kappa shape index (κ1) is 13.2. The molecule has 2 rings (SSSR count). The van der Waals surface area contributed by atoms with E-state index in [9.17, 15) is 4.79 Å². The SMILES string of the molecule is NC(=O)CSc1ccccc1NCC1CCCO1. The molecule has 1 aliphatic rings. The number of hydrogen-bond acceptors (Lipinski definition) is 4. The van der Waals surface area contributed by atoms with Crippen LogP contribution in [0, 0.1) is 0 Å². The van der Waals surface area contributed by atoms with Crippen molar-refractivity contribution < 1.29 is 9.53 Å². The molecule has 1 fully saturated rings. The highest BCUT2D eigenvalue weighted by Crippen LogP contribution is 2.27. The molecule has 0 radical (unpaired) electrons. The van der Waals surface area contributed by atoms with Crippen molar-refractivity contribution in [3.05, 3.63) is 24.3 Å². The number of hydrogen-bond donors (Lipinski definition) is 2. The van der Waals surface area contributed by atoms with Gasteiger partial charge in [0.05, 0.1) is 11.9 Å². The fraction of sp³-hybridized carbons (Fsp3) is 0.462. The summed E-state index contributed by atoms with van der Waals surface area (Å²) >= 11 is 1.46. The molecule has 0 saturated carbocycles.